The van der Waals surface area contributed by atoms with Crippen LogP contribution in [0.1, 0.15) is 43.1 Å². The lowest BCUT2D eigenvalue weighted by atomic mass is 9.99. The molecular weight excluding hydrogens is 346 g/mol. The molecule has 0 bridgehead atoms. The van der Waals surface area contributed by atoms with Gasteiger partial charge in [-0.1, -0.05) is 41.9 Å². The number of benzene rings is 2. The lowest BCUT2D eigenvalue weighted by Gasteiger charge is -2.18. The van der Waals surface area contributed by atoms with Crippen LogP contribution in [-0.4, -0.2) is 19.8 Å². The van der Waals surface area contributed by atoms with Crippen molar-refractivity contribution in [2.45, 2.75) is 31.7 Å². The molecule has 1 unspecified atom stereocenters. The van der Waals surface area contributed by atoms with Gasteiger partial charge in [0.25, 0.3) is 0 Å². The molecule has 4 aromatic rings. The van der Waals surface area contributed by atoms with E-state index < -0.39 is 0 Å². The van der Waals surface area contributed by atoms with E-state index in [2.05, 4.69) is 40.6 Å². The number of hydrogen-bond acceptors (Lipinski definition) is 4. The molecule has 130 valence electrons. The molecule has 1 N–H and O–H groups in total. The van der Waals surface area contributed by atoms with E-state index in [1.54, 1.807) is 0 Å². The monoisotopic (exact) mass is 363 g/mol. The summed E-state index contributed by atoms with van der Waals surface area (Å²) in [4.78, 5) is 0. The van der Waals surface area contributed by atoms with Gasteiger partial charge in [-0.2, -0.15) is 4.52 Å². The van der Waals surface area contributed by atoms with Gasteiger partial charge in [-0.15, -0.1) is 15.3 Å². The minimum atomic E-state index is 0.0861. The molecule has 1 atom stereocenters. The highest BCUT2D eigenvalue weighted by Crippen LogP contribution is 2.38. The van der Waals surface area contributed by atoms with E-state index in [1.807, 2.05) is 34.8 Å². The first kappa shape index (κ1) is 15.6. The Balaban J connectivity index is 1.50. The van der Waals surface area contributed by atoms with Crippen LogP contribution in [-0.2, 0) is 0 Å². The fraction of sp³-hybridized carbons (Fsp3) is 0.250. The van der Waals surface area contributed by atoms with E-state index in [9.17, 15) is 0 Å². The van der Waals surface area contributed by atoms with Gasteiger partial charge in [0.15, 0.2) is 11.5 Å². The largest absolute Gasteiger partial charge is 0.362 e. The van der Waals surface area contributed by atoms with Crippen molar-refractivity contribution >= 4 is 33.8 Å². The average Bonchev–Trinajstić information content (AvgIpc) is 3.42. The Labute approximate surface area is 156 Å². The normalized spacial score (nSPS) is 15.5. The number of rotatable bonds is 4. The molecule has 2 heterocycles. The molecule has 0 amide bonds. The third kappa shape index (κ3) is 2.59. The third-order valence-electron chi connectivity index (χ3n) is 4.96. The molecule has 0 spiro atoms. The number of anilines is 1. The zero-order valence-corrected chi connectivity index (χ0v) is 15.1. The van der Waals surface area contributed by atoms with Crippen molar-refractivity contribution in [1.82, 2.24) is 19.8 Å². The minimum absolute atomic E-state index is 0.0861. The standard InChI is InChI=1S/C20H18ClN5/c1-12(14-8-9-17(21)16-5-3-2-4-15(14)16)22-18-10-11-19-23-24-20(13-6-7-13)26(19)25-18/h2-5,8-13H,6-7H2,1H3,(H,22,25). The van der Waals surface area contributed by atoms with Gasteiger partial charge in [0.2, 0.25) is 0 Å². The van der Waals surface area contributed by atoms with Crippen molar-refractivity contribution in [3.8, 4) is 0 Å². The van der Waals surface area contributed by atoms with E-state index in [0.717, 1.165) is 33.1 Å². The first-order valence-electron chi connectivity index (χ1n) is 8.87. The molecule has 0 saturated heterocycles. The van der Waals surface area contributed by atoms with Crippen LogP contribution in [0, 0.1) is 0 Å². The second kappa shape index (κ2) is 5.95. The van der Waals surface area contributed by atoms with Crippen LogP contribution >= 0.6 is 11.6 Å². The zero-order chi connectivity index (χ0) is 17.7. The van der Waals surface area contributed by atoms with Crippen molar-refractivity contribution in [2.24, 2.45) is 0 Å². The summed E-state index contributed by atoms with van der Waals surface area (Å²) in [6, 6.07) is 16.2. The van der Waals surface area contributed by atoms with Gasteiger partial charge < -0.3 is 5.32 Å². The molecule has 1 saturated carbocycles. The highest BCUT2D eigenvalue weighted by molar-refractivity contribution is 6.35. The fourth-order valence-corrected chi connectivity index (χ4v) is 3.67. The number of aromatic nitrogens is 4. The van der Waals surface area contributed by atoms with Crippen molar-refractivity contribution < 1.29 is 0 Å². The summed E-state index contributed by atoms with van der Waals surface area (Å²) in [5.41, 5.74) is 1.99. The number of nitrogens with one attached hydrogen (secondary N) is 1. The van der Waals surface area contributed by atoms with E-state index in [4.69, 9.17) is 16.7 Å². The molecule has 1 aliphatic carbocycles. The van der Waals surface area contributed by atoms with Crippen LogP contribution in [0.5, 0.6) is 0 Å². The number of fused-ring (bicyclic) bond motifs is 2. The molecule has 5 nitrogen and oxygen atoms in total. The molecule has 0 aliphatic heterocycles. The number of hydrogen-bond donors (Lipinski definition) is 1. The van der Waals surface area contributed by atoms with Crippen LogP contribution in [0.3, 0.4) is 0 Å². The van der Waals surface area contributed by atoms with Gasteiger partial charge in [-0.05, 0) is 48.9 Å². The molecule has 1 fully saturated rings. The number of nitrogens with zero attached hydrogens (tertiary/aromatic N) is 4. The maximum Gasteiger partial charge on any atom is 0.178 e. The Morgan fingerprint density at radius 2 is 1.85 bits per heavy atom. The van der Waals surface area contributed by atoms with E-state index in [1.165, 1.54) is 18.4 Å². The average molecular weight is 364 g/mol. The summed E-state index contributed by atoms with van der Waals surface area (Å²) < 4.78 is 1.87. The van der Waals surface area contributed by atoms with Crippen molar-refractivity contribution in [1.29, 1.82) is 0 Å². The number of halogens is 1. The quantitative estimate of drug-likeness (QED) is 0.555. The maximum atomic E-state index is 6.35. The summed E-state index contributed by atoms with van der Waals surface area (Å²) in [7, 11) is 0. The Morgan fingerprint density at radius 1 is 1.04 bits per heavy atom. The summed E-state index contributed by atoms with van der Waals surface area (Å²) in [6.07, 6.45) is 2.35. The van der Waals surface area contributed by atoms with Gasteiger partial charge in [0, 0.05) is 16.3 Å². The lowest BCUT2D eigenvalue weighted by Crippen LogP contribution is -2.10. The maximum absolute atomic E-state index is 6.35. The molecule has 0 radical (unpaired) electrons. The Bertz CT molecular complexity index is 1120. The first-order valence-corrected chi connectivity index (χ1v) is 9.24. The fourth-order valence-electron chi connectivity index (χ4n) is 3.44. The van der Waals surface area contributed by atoms with Gasteiger partial charge in [-0.25, -0.2) is 0 Å². The van der Waals surface area contributed by atoms with E-state index in [-0.39, 0.29) is 6.04 Å². The molecule has 2 aromatic carbocycles. The van der Waals surface area contributed by atoms with Crippen LogP contribution in [0.4, 0.5) is 5.82 Å². The molecule has 6 heteroatoms. The van der Waals surface area contributed by atoms with Crippen molar-refractivity contribution in [3.63, 3.8) is 0 Å². The smallest absolute Gasteiger partial charge is 0.178 e. The van der Waals surface area contributed by atoms with Gasteiger partial charge in [-0.3, -0.25) is 0 Å². The minimum Gasteiger partial charge on any atom is -0.362 e. The summed E-state index contributed by atoms with van der Waals surface area (Å²) in [5, 5.41) is 19.7. The van der Waals surface area contributed by atoms with Crippen molar-refractivity contribution in [2.75, 3.05) is 5.32 Å². The second-order valence-corrected chi connectivity index (χ2v) is 7.28. The molecular formula is C20H18ClN5. The zero-order valence-electron chi connectivity index (χ0n) is 14.4. The molecule has 5 rings (SSSR count). The van der Waals surface area contributed by atoms with Gasteiger partial charge in [0.05, 0.1) is 6.04 Å². The lowest BCUT2D eigenvalue weighted by molar-refractivity contribution is 0.799. The summed E-state index contributed by atoms with van der Waals surface area (Å²) in [6.45, 7) is 2.13. The first-order chi connectivity index (χ1) is 12.7. The van der Waals surface area contributed by atoms with E-state index >= 15 is 0 Å². The molecule has 2 aromatic heterocycles. The predicted molar refractivity (Wildman–Crippen MR) is 104 cm³/mol. The van der Waals surface area contributed by atoms with Crippen LogP contribution in [0.25, 0.3) is 16.4 Å². The Morgan fingerprint density at radius 3 is 2.65 bits per heavy atom. The highest BCUT2D eigenvalue weighted by atomic mass is 35.5. The van der Waals surface area contributed by atoms with Crippen molar-refractivity contribution in [3.05, 3.63) is 64.9 Å². The topological polar surface area (TPSA) is 55.1 Å². The summed E-state index contributed by atoms with van der Waals surface area (Å²) >= 11 is 6.35. The third-order valence-corrected chi connectivity index (χ3v) is 5.29. The summed E-state index contributed by atoms with van der Waals surface area (Å²) in [5.74, 6) is 2.28. The Kier molecular flexibility index (Phi) is 3.57. The van der Waals surface area contributed by atoms with Crippen LogP contribution in [0.15, 0.2) is 48.5 Å². The van der Waals surface area contributed by atoms with Gasteiger partial charge in [0.1, 0.15) is 5.82 Å². The predicted octanol–water partition coefficient (Wildman–Crippen LogP) is 4.98. The van der Waals surface area contributed by atoms with Crippen LogP contribution in [0.2, 0.25) is 5.02 Å². The van der Waals surface area contributed by atoms with Crippen LogP contribution < -0.4 is 5.32 Å². The highest BCUT2D eigenvalue weighted by Gasteiger charge is 2.29. The molecule has 26 heavy (non-hydrogen) atoms. The SMILES string of the molecule is CC(Nc1ccc2nnc(C3CC3)n2n1)c1ccc(Cl)c2ccccc12. The Hall–Kier alpha value is -2.66. The van der Waals surface area contributed by atoms with Gasteiger partial charge >= 0.3 is 0 Å². The second-order valence-electron chi connectivity index (χ2n) is 6.87. The van der Waals surface area contributed by atoms with E-state index in [0.29, 0.717) is 5.92 Å². The molecule has 1 aliphatic rings.